The van der Waals surface area contributed by atoms with Crippen LogP contribution in [0.4, 0.5) is 0 Å². The number of hydrogen-bond donors (Lipinski definition) is 0. The van der Waals surface area contributed by atoms with E-state index in [0.717, 1.165) is 22.1 Å². The van der Waals surface area contributed by atoms with Gasteiger partial charge in [0, 0.05) is 23.4 Å². The molecule has 3 rings (SSSR count). The largest absolute Gasteiger partial charge is 0.473 e. The Hall–Kier alpha value is -2.03. The van der Waals surface area contributed by atoms with Crippen LogP contribution >= 0.6 is 0 Å². The van der Waals surface area contributed by atoms with E-state index < -0.39 is 0 Å². The fourth-order valence-corrected chi connectivity index (χ4v) is 1.79. The van der Waals surface area contributed by atoms with E-state index in [0.29, 0.717) is 5.66 Å². The van der Waals surface area contributed by atoms with Crippen molar-refractivity contribution in [1.29, 1.82) is 0 Å². The lowest BCUT2D eigenvalue weighted by atomic mass is 10.0. The van der Waals surface area contributed by atoms with E-state index in [9.17, 15) is 0 Å². The van der Waals surface area contributed by atoms with Gasteiger partial charge in [-0.25, -0.2) is 0 Å². The lowest BCUT2D eigenvalue weighted by molar-refractivity contribution is 0.653. The quantitative estimate of drug-likeness (QED) is 0.569. The van der Waals surface area contributed by atoms with E-state index in [-0.39, 0.29) is 0 Å². The summed E-state index contributed by atoms with van der Waals surface area (Å²) >= 11 is 0. The maximum atomic E-state index is 5.60. The second-order valence-corrected chi connectivity index (χ2v) is 3.64. The van der Waals surface area contributed by atoms with Crippen molar-refractivity contribution >= 4 is 24.5 Å². The van der Waals surface area contributed by atoms with Crippen LogP contribution in [0.3, 0.4) is 0 Å². The molecule has 2 radical (unpaired) electrons. The maximum absolute atomic E-state index is 5.60. The molecule has 74 valence electrons. The lowest BCUT2D eigenvalue weighted by Gasteiger charge is -2.00. The molecule has 1 aromatic carbocycles. The number of rotatable bonds is 1. The van der Waals surface area contributed by atoms with E-state index in [2.05, 4.69) is 11.1 Å². The van der Waals surface area contributed by atoms with Gasteiger partial charge in [-0.3, -0.25) is 4.98 Å². The Labute approximate surface area is 94.3 Å². The highest BCUT2D eigenvalue weighted by atomic mass is 16.3. The van der Waals surface area contributed by atoms with E-state index in [4.69, 9.17) is 12.3 Å². The summed E-state index contributed by atoms with van der Waals surface area (Å²) in [6, 6.07) is 11.8. The number of aromatic nitrogens is 1. The molecule has 2 aromatic heterocycles. The number of benzene rings is 1. The van der Waals surface area contributed by atoms with Crippen LogP contribution in [-0.2, 0) is 0 Å². The minimum atomic E-state index is 0.446. The van der Waals surface area contributed by atoms with E-state index >= 15 is 0 Å². The van der Waals surface area contributed by atoms with Crippen molar-refractivity contribution in [2.75, 3.05) is 0 Å². The normalized spacial score (nSPS) is 10.8. The monoisotopic (exact) mass is 205 g/mol. The number of pyridine rings is 1. The molecule has 0 N–H and O–H groups in total. The first-order valence-electron chi connectivity index (χ1n) is 5.02. The fourth-order valence-electron chi connectivity index (χ4n) is 1.79. The number of furan rings is 1. The zero-order valence-corrected chi connectivity index (χ0v) is 8.55. The molecule has 0 bridgehead atoms. The van der Waals surface area contributed by atoms with Crippen LogP contribution in [0.15, 0.2) is 53.2 Å². The number of nitrogens with zero attached hydrogens (tertiary/aromatic N) is 1. The van der Waals surface area contributed by atoms with Crippen LogP contribution < -0.4 is 5.66 Å². The summed E-state index contributed by atoms with van der Waals surface area (Å²) in [5.74, 6) is 0. The van der Waals surface area contributed by atoms with Gasteiger partial charge in [0.1, 0.15) is 5.58 Å². The van der Waals surface area contributed by atoms with E-state index in [1.807, 2.05) is 30.3 Å². The van der Waals surface area contributed by atoms with E-state index in [1.54, 1.807) is 12.4 Å². The van der Waals surface area contributed by atoms with Crippen molar-refractivity contribution in [3.8, 4) is 11.1 Å². The van der Waals surface area contributed by atoms with Crippen LogP contribution in [-0.4, -0.2) is 12.8 Å². The Morgan fingerprint density at radius 2 is 1.75 bits per heavy atom. The summed E-state index contributed by atoms with van der Waals surface area (Å²) in [6.07, 6.45) is 3.56. The topological polar surface area (TPSA) is 26.0 Å². The van der Waals surface area contributed by atoms with Gasteiger partial charge in [0.25, 0.3) is 0 Å². The minimum absolute atomic E-state index is 0.446. The molecular formula is C13H8BNO. The molecule has 2 heterocycles. The van der Waals surface area contributed by atoms with Gasteiger partial charge in [0.2, 0.25) is 0 Å². The first kappa shape index (κ1) is 9.22. The summed E-state index contributed by atoms with van der Waals surface area (Å²) in [6.45, 7) is 0. The first-order chi connectivity index (χ1) is 7.83. The van der Waals surface area contributed by atoms with Crippen LogP contribution in [0.25, 0.3) is 22.1 Å². The van der Waals surface area contributed by atoms with Gasteiger partial charge in [-0.2, -0.15) is 0 Å². The Morgan fingerprint density at radius 1 is 0.938 bits per heavy atom. The van der Waals surface area contributed by atoms with Crippen molar-refractivity contribution in [2.45, 2.75) is 0 Å². The van der Waals surface area contributed by atoms with Crippen molar-refractivity contribution in [3.05, 3.63) is 48.8 Å². The second kappa shape index (κ2) is 3.52. The second-order valence-electron chi connectivity index (χ2n) is 3.64. The van der Waals surface area contributed by atoms with Crippen molar-refractivity contribution in [2.24, 2.45) is 0 Å². The zero-order chi connectivity index (χ0) is 11.0. The molecule has 2 nitrogen and oxygen atoms in total. The highest BCUT2D eigenvalue weighted by molar-refractivity contribution is 6.31. The number of fused-ring (bicyclic) bond motifs is 1. The molecular weight excluding hydrogens is 197 g/mol. The smallest absolute Gasteiger partial charge is 0.167 e. The third-order valence-electron chi connectivity index (χ3n) is 2.55. The van der Waals surface area contributed by atoms with Gasteiger partial charge in [-0.1, -0.05) is 6.07 Å². The van der Waals surface area contributed by atoms with Gasteiger partial charge in [0.15, 0.2) is 7.85 Å². The van der Waals surface area contributed by atoms with Crippen LogP contribution in [0.2, 0.25) is 0 Å². The Kier molecular flexibility index (Phi) is 2.03. The van der Waals surface area contributed by atoms with Crippen LogP contribution in [0.5, 0.6) is 0 Å². The Morgan fingerprint density at radius 3 is 2.56 bits per heavy atom. The molecule has 0 saturated carbocycles. The molecule has 3 aromatic rings. The molecule has 0 aliphatic carbocycles. The third kappa shape index (κ3) is 1.50. The van der Waals surface area contributed by atoms with Crippen LogP contribution in [0.1, 0.15) is 0 Å². The molecule has 0 unspecified atom stereocenters. The Balaban J connectivity index is 2.18. The molecule has 0 spiro atoms. The fraction of sp³-hybridized carbons (Fsp3) is 0. The average Bonchev–Trinajstić information content (AvgIpc) is 2.69. The molecule has 0 saturated heterocycles. The summed E-state index contributed by atoms with van der Waals surface area (Å²) < 4.78 is 5.32. The SMILES string of the molecule is [B]c1cc2cc(-c3ccncc3)ccc2o1. The van der Waals surface area contributed by atoms with Gasteiger partial charge < -0.3 is 4.42 Å². The van der Waals surface area contributed by atoms with Gasteiger partial charge in [-0.15, -0.1) is 0 Å². The van der Waals surface area contributed by atoms with Crippen molar-refractivity contribution in [1.82, 2.24) is 4.98 Å². The lowest BCUT2D eigenvalue weighted by Crippen LogP contribution is -1.92. The summed E-state index contributed by atoms with van der Waals surface area (Å²) in [5, 5.41) is 1.02. The van der Waals surface area contributed by atoms with Crippen molar-refractivity contribution in [3.63, 3.8) is 0 Å². The highest BCUT2D eigenvalue weighted by Crippen LogP contribution is 2.23. The summed E-state index contributed by atoms with van der Waals surface area (Å²) in [7, 11) is 5.60. The molecule has 0 aliphatic heterocycles. The van der Waals surface area contributed by atoms with Crippen LogP contribution in [0, 0.1) is 0 Å². The molecule has 0 atom stereocenters. The molecule has 16 heavy (non-hydrogen) atoms. The first-order valence-corrected chi connectivity index (χ1v) is 5.02. The molecule has 3 heteroatoms. The zero-order valence-electron chi connectivity index (χ0n) is 8.55. The maximum Gasteiger partial charge on any atom is 0.167 e. The van der Waals surface area contributed by atoms with Gasteiger partial charge >= 0.3 is 0 Å². The average molecular weight is 205 g/mol. The van der Waals surface area contributed by atoms with Gasteiger partial charge in [-0.05, 0) is 41.5 Å². The van der Waals surface area contributed by atoms with Crippen molar-refractivity contribution < 1.29 is 4.42 Å². The highest BCUT2D eigenvalue weighted by Gasteiger charge is 2.02. The standard InChI is InChI=1S/C13H8BNO/c14-13-8-11-7-10(1-2-12(11)16-13)9-3-5-15-6-4-9/h1-8H. The summed E-state index contributed by atoms with van der Waals surface area (Å²) in [4.78, 5) is 4.00. The van der Waals surface area contributed by atoms with E-state index in [1.165, 1.54) is 0 Å². The molecule has 0 fully saturated rings. The predicted octanol–water partition coefficient (Wildman–Crippen LogP) is 2.29. The third-order valence-corrected chi connectivity index (χ3v) is 2.55. The minimum Gasteiger partial charge on any atom is -0.473 e. The molecule has 0 amide bonds. The molecule has 0 aliphatic rings. The van der Waals surface area contributed by atoms with Gasteiger partial charge in [0.05, 0.1) is 0 Å². The predicted molar refractivity (Wildman–Crippen MR) is 64.8 cm³/mol. The summed E-state index contributed by atoms with van der Waals surface area (Å²) in [5.41, 5.74) is 3.53. The number of hydrogen-bond acceptors (Lipinski definition) is 2. The Bertz CT molecular complexity index is 631.